The van der Waals surface area contributed by atoms with Gasteiger partial charge in [0.05, 0.1) is 7.11 Å². The molecule has 0 unspecified atom stereocenters. The van der Waals surface area contributed by atoms with Gasteiger partial charge in [-0.15, -0.1) is 0 Å². The highest BCUT2D eigenvalue weighted by atomic mass is 16.5. The van der Waals surface area contributed by atoms with Crippen LogP contribution in [-0.4, -0.2) is 42.1 Å². The van der Waals surface area contributed by atoms with Crippen molar-refractivity contribution in [1.29, 1.82) is 0 Å². The second kappa shape index (κ2) is 9.51. The molecule has 1 aromatic heterocycles. The van der Waals surface area contributed by atoms with Crippen LogP contribution in [0.25, 0.3) is 0 Å². The third kappa shape index (κ3) is 5.07. The Labute approximate surface area is 184 Å². The lowest BCUT2D eigenvalue weighted by molar-refractivity contribution is 0.100. The molecule has 0 spiro atoms. The molecule has 1 aliphatic rings. The molecule has 0 bridgehead atoms. The number of nitrogens with two attached hydrogens (primary N) is 2. The summed E-state index contributed by atoms with van der Waals surface area (Å²) in [6.07, 6.45) is 3.46. The molecule has 3 rings (SSSR count). The quantitative estimate of drug-likeness (QED) is 0.620. The van der Waals surface area contributed by atoms with Gasteiger partial charge in [0.1, 0.15) is 17.1 Å². The highest BCUT2D eigenvalue weighted by Gasteiger charge is 2.22. The lowest BCUT2D eigenvalue weighted by Gasteiger charge is -2.31. The maximum absolute atomic E-state index is 12.1. The van der Waals surface area contributed by atoms with E-state index >= 15 is 0 Å². The number of primary amides is 1. The minimum absolute atomic E-state index is 0.0911. The predicted molar refractivity (Wildman–Crippen MR) is 124 cm³/mol. The van der Waals surface area contributed by atoms with Crippen molar-refractivity contribution in [2.75, 3.05) is 30.4 Å². The maximum Gasteiger partial charge on any atom is 0.254 e. The first-order valence-electron chi connectivity index (χ1n) is 10.9. The minimum Gasteiger partial charge on any atom is -0.496 e. The Hall–Kier alpha value is -2.87. The molecule has 0 radical (unpaired) electrons. The normalized spacial score (nSPS) is 16.6. The standard InChI is InChI=1S/C23H34N6O2/c1-13(2)17-9-16(10-18(14(3)4)20(17)31-5)27-22-19(21(25)30)11-26-23(28-22)29-8-6-7-15(24)12-29/h9-11,13-15H,6-8,12,24H2,1-5H3,(H2,25,30)(H,26,27,28)/t15-/m0/s1. The third-order valence-corrected chi connectivity index (χ3v) is 5.64. The second-order valence-corrected chi connectivity index (χ2v) is 8.77. The number of carbonyl (C=O) groups is 1. The number of carbonyl (C=O) groups excluding carboxylic acids is 1. The van der Waals surface area contributed by atoms with Gasteiger partial charge in [0.15, 0.2) is 0 Å². The summed E-state index contributed by atoms with van der Waals surface area (Å²) in [5, 5.41) is 3.32. The van der Waals surface area contributed by atoms with Crippen LogP contribution in [-0.2, 0) is 0 Å². The maximum atomic E-state index is 12.1. The van der Waals surface area contributed by atoms with E-state index in [-0.39, 0.29) is 23.4 Å². The first-order chi connectivity index (χ1) is 14.7. The monoisotopic (exact) mass is 426 g/mol. The van der Waals surface area contributed by atoms with E-state index in [0.29, 0.717) is 18.3 Å². The van der Waals surface area contributed by atoms with Crippen LogP contribution < -0.4 is 26.4 Å². The molecular weight excluding hydrogens is 392 g/mol. The molecule has 1 aromatic carbocycles. The highest BCUT2D eigenvalue weighted by Crippen LogP contribution is 2.38. The van der Waals surface area contributed by atoms with E-state index in [1.54, 1.807) is 7.11 Å². The number of ether oxygens (including phenoxy) is 1. The fourth-order valence-corrected chi connectivity index (χ4v) is 3.97. The topological polar surface area (TPSA) is 119 Å². The van der Waals surface area contributed by atoms with E-state index in [1.807, 2.05) is 12.1 Å². The van der Waals surface area contributed by atoms with Gasteiger partial charge < -0.3 is 26.4 Å². The Kier molecular flexibility index (Phi) is 7.00. The second-order valence-electron chi connectivity index (χ2n) is 8.77. The SMILES string of the molecule is COc1c(C(C)C)cc(Nc2nc(N3CCC[C@H](N)C3)ncc2C(N)=O)cc1C(C)C. The van der Waals surface area contributed by atoms with Gasteiger partial charge in [-0.3, -0.25) is 4.79 Å². The first-order valence-corrected chi connectivity index (χ1v) is 10.9. The number of hydrogen-bond acceptors (Lipinski definition) is 7. The summed E-state index contributed by atoms with van der Waals surface area (Å²) in [5.41, 5.74) is 15.0. The van der Waals surface area contributed by atoms with E-state index in [1.165, 1.54) is 6.20 Å². The van der Waals surface area contributed by atoms with Crippen LogP contribution in [0.1, 0.15) is 73.9 Å². The summed E-state index contributed by atoms with van der Waals surface area (Å²) in [5.74, 6) is 1.79. The van der Waals surface area contributed by atoms with Gasteiger partial charge >= 0.3 is 0 Å². The molecule has 1 aliphatic heterocycles. The number of anilines is 3. The van der Waals surface area contributed by atoms with Crippen LogP contribution in [0.15, 0.2) is 18.3 Å². The summed E-state index contributed by atoms with van der Waals surface area (Å²) in [4.78, 5) is 23.1. The molecule has 1 saturated heterocycles. The van der Waals surface area contributed by atoms with Crippen molar-refractivity contribution in [3.05, 3.63) is 35.0 Å². The van der Waals surface area contributed by atoms with Crippen molar-refractivity contribution >= 4 is 23.4 Å². The summed E-state index contributed by atoms with van der Waals surface area (Å²) in [7, 11) is 1.70. The van der Waals surface area contributed by atoms with Gasteiger partial charge in [0.2, 0.25) is 5.95 Å². The molecule has 5 N–H and O–H groups in total. The number of methoxy groups -OCH3 is 1. The van der Waals surface area contributed by atoms with Gasteiger partial charge in [0.25, 0.3) is 5.91 Å². The molecule has 31 heavy (non-hydrogen) atoms. The molecule has 8 heteroatoms. The fourth-order valence-electron chi connectivity index (χ4n) is 3.97. The summed E-state index contributed by atoms with van der Waals surface area (Å²) >= 11 is 0. The number of nitrogens with one attached hydrogen (secondary N) is 1. The average molecular weight is 427 g/mol. The Morgan fingerprint density at radius 3 is 2.39 bits per heavy atom. The zero-order chi connectivity index (χ0) is 22.7. The summed E-state index contributed by atoms with van der Waals surface area (Å²) < 4.78 is 5.73. The highest BCUT2D eigenvalue weighted by molar-refractivity contribution is 5.98. The lowest BCUT2D eigenvalue weighted by atomic mass is 9.93. The lowest BCUT2D eigenvalue weighted by Crippen LogP contribution is -2.43. The van der Waals surface area contributed by atoms with Crippen molar-refractivity contribution in [2.24, 2.45) is 11.5 Å². The summed E-state index contributed by atoms with van der Waals surface area (Å²) in [6, 6.07) is 4.17. The molecule has 8 nitrogen and oxygen atoms in total. The average Bonchev–Trinajstić information content (AvgIpc) is 2.72. The van der Waals surface area contributed by atoms with Crippen LogP contribution in [0.3, 0.4) is 0 Å². The largest absolute Gasteiger partial charge is 0.496 e. The van der Waals surface area contributed by atoms with E-state index in [0.717, 1.165) is 42.0 Å². The van der Waals surface area contributed by atoms with Gasteiger partial charge in [0, 0.05) is 31.0 Å². The predicted octanol–water partition coefficient (Wildman–Crippen LogP) is 3.50. The van der Waals surface area contributed by atoms with E-state index < -0.39 is 5.91 Å². The first kappa shape index (κ1) is 22.8. The van der Waals surface area contributed by atoms with Crippen molar-refractivity contribution in [2.45, 2.75) is 58.4 Å². The number of hydrogen-bond donors (Lipinski definition) is 3. The summed E-state index contributed by atoms with van der Waals surface area (Å²) in [6.45, 7) is 10.0. The van der Waals surface area contributed by atoms with Crippen LogP contribution in [0.2, 0.25) is 0 Å². The Balaban J connectivity index is 2.04. The fraction of sp³-hybridized carbons (Fsp3) is 0.522. The number of aromatic nitrogens is 2. The molecule has 1 fully saturated rings. The van der Waals surface area contributed by atoms with Crippen LogP contribution in [0, 0.1) is 0 Å². The molecule has 0 aliphatic carbocycles. The smallest absolute Gasteiger partial charge is 0.254 e. The van der Waals surface area contributed by atoms with Gasteiger partial charge in [-0.25, -0.2) is 4.98 Å². The van der Waals surface area contributed by atoms with Crippen molar-refractivity contribution in [1.82, 2.24) is 9.97 Å². The minimum atomic E-state index is -0.578. The van der Waals surface area contributed by atoms with Crippen LogP contribution in [0.5, 0.6) is 5.75 Å². The van der Waals surface area contributed by atoms with Crippen molar-refractivity contribution < 1.29 is 9.53 Å². The molecule has 168 valence electrons. The molecule has 2 heterocycles. The zero-order valence-electron chi connectivity index (χ0n) is 19.1. The van der Waals surface area contributed by atoms with E-state index in [9.17, 15) is 4.79 Å². The molecular formula is C23H34N6O2. The number of benzene rings is 1. The molecule has 1 atom stereocenters. The number of nitrogens with zero attached hydrogens (tertiary/aromatic N) is 3. The van der Waals surface area contributed by atoms with Crippen LogP contribution in [0.4, 0.5) is 17.5 Å². The Bertz CT molecular complexity index is 915. The van der Waals surface area contributed by atoms with Gasteiger partial charge in [-0.05, 0) is 47.9 Å². The van der Waals surface area contributed by atoms with E-state index in [2.05, 4.69) is 47.9 Å². The zero-order valence-corrected chi connectivity index (χ0v) is 19.1. The Morgan fingerprint density at radius 2 is 1.87 bits per heavy atom. The molecule has 1 amide bonds. The van der Waals surface area contributed by atoms with Crippen molar-refractivity contribution in [3.8, 4) is 5.75 Å². The Morgan fingerprint density at radius 1 is 1.23 bits per heavy atom. The van der Waals surface area contributed by atoms with Crippen LogP contribution >= 0.6 is 0 Å². The molecule has 2 aromatic rings. The number of amides is 1. The van der Waals surface area contributed by atoms with E-state index in [4.69, 9.17) is 16.2 Å². The van der Waals surface area contributed by atoms with Gasteiger partial charge in [-0.2, -0.15) is 4.98 Å². The van der Waals surface area contributed by atoms with Crippen molar-refractivity contribution in [3.63, 3.8) is 0 Å². The van der Waals surface area contributed by atoms with Gasteiger partial charge in [-0.1, -0.05) is 27.7 Å². The third-order valence-electron chi connectivity index (χ3n) is 5.64. The number of rotatable bonds is 7. The number of piperidine rings is 1. The molecule has 0 saturated carbocycles.